The highest BCUT2D eigenvalue weighted by molar-refractivity contribution is 5.45. The third-order valence-corrected chi connectivity index (χ3v) is 3.71. The highest BCUT2D eigenvalue weighted by atomic mass is 14.9. The molecule has 0 saturated heterocycles. The molecule has 0 spiro atoms. The summed E-state index contributed by atoms with van der Waals surface area (Å²) < 4.78 is 0. The average molecular weight is 253 g/mol. The van der Waals surface area contributed by atoms with Gasteiger partial charge in [0.2, 0.25) is 0 Å². The Morgan fingerprint density at radius 3 is 3.11 bits per heavy atom. The predicted molar refractivity (Wildman–Crippen MR) is 77.4 cm³/mol. The maximum absolute atomic E-state index is 4.59. The second-order valence-corrected chi connectivity index (χ2v) is 4.99. The first kappa shape index (κ1) is 12.2. The molecule has 1 unspecified atom stereocenters. The fourth-order valence-electron chi connectivity index (χ4n) is 2.85. The molecule has 2 aromatic heterocycles. The van der Waals surface area contributed by atoms with Crippen molar-refractivity contribution in [3.05, 3.63) is 53.6 Å². The molecule has 1 aliphatic carbocycles. The van der Waals surface area contributed by atoms with Gasteiger partial charge >= 0.3 is 0 Å². The summed E-state index contributed by atoms with van der Waals surface area (Å²) in [5.41, 5.74) is 4.89. The van der Waals surface area contributed by atoms with E-state index >= 15 is 0 Å². The van der Waals surface area contributed by atoms with Crippen LogP contribution in [0.1, 0.15) is 42.6 Å². The molecule has 1 atom stereocenters. The molecular weight excluding hydrogens is 234 g/mol. The summed E-state index contributed by atoms with van der Waals surface area (Å²) in [7, 11) is 0. The maximum atomic E-state index is 4.59. The quantitative estimate of drug-likeness (QED) is 0.911. The average Bonchev–Trinajstić information content (AvgIpc) is 2.47. The van der Waals surface area contributed by atoms with Crippen molar-refractivity contribution in [2.24, 2.45) is 0 Å². The minimum atomic E-state index is 0.351. The Morgan fingerprint density at radius 1 is 1.26 bits per heavy atom. The molecule has 0 aliphatic heterocycles. The summed E-state index contributed by atoms with van der Waals surface area (Å²) in [4.78, 5) is 9.16. The van der Waals surface area contributed by atoms with Gasteiger partial charge in [0.15, 0.2) is 0 Å². The van der Waals surface area contributed by atoms with E-state index in [1.54, 1.807) is 0 Å². The molecule has 1 N–H and O–H groups in total. The number of pyridine rings is 2. The van der Waals surface area contributed by atoms with Crippen LogP contribution in [0.15, 0.2) is 36.7 Å². The third-order valence-electron chi connectivity index (χ3n) is 3.71. The Bertz CT molecular complexity index is 565. The van der Waals surface area contributed by atoms with Gasteiger partial charge in [0, 0.05) is 30.5 Å². The van der Waals surface area contributed by atoms with Crippen molar-refractivity contribution in [3.63, 3.8) is 0 Å². The first-order chi connectivity index (χ1) is 9.38. The minimum Gasteiger partial charge on any atom is -0.385 e. The highest BCUT2D eigenvalue weighted by Crippen LogP contribution is 2.34. The number of rotatable bonds is 3. The lowest BCUT2D eigenvalue weighted by atomic mass is 9.84. The number of anilines is 1. The van der Waals surface area contributed by atoms with E-state index in [2.05, 4.69) is 34.3 Å². The van der Waals surface area contributed by atoms with Crippen LogP contribution < -0.4 is 5.32 Å². The number of nitrogens with one attached hydrogen (secondary N) is 1. The van der Waals surface area contributed by atoms with Crippen molar-refractivity contribution in [1.82, 2.24) is 9.97 Å². The molecule has 2 aromatic rings. The zero-order valence-electron chi connectivity index (χ0n) is 11.3. The van der Waals surface area contributed by atoms with Gasteiger partial charge < -0.3 is 5.32 Å². The molecule has 0 radical (unpaired) electrons. The van der Waals surface area contributed by atoms with Crippen LogP contribution in [0.2, 0.25) is 0 Å². The molecular formula is C16H19N3. The van der Waals surface area contributed by atoms with E-state index in [0.29, 0.717) is 5.92 Å². The van der Waals surface area contributed by atoms with Crippen LogP contribution in [0.5, 0.6) is 0 Å². The molecule has 3 rings (SSSR count). The fourth-order valence-corrected chi connectivity index (χ4v) is 2.85. The summed E-state index contributed by atoms with van der Waals surface area (Å²) in [5, 5.41) is 3.35. The summed E-state index contributed by atoms with van der Waals surface area (Å²) in [6, 6.07) is 8.42. The molecule has 0 aromatic carbocycles. The SMILES string of the molecule is CCNc1ccnc(C2CCCc3cccnc32)c1. The van der Waals surface area contributed by atoms with Crippen LogP contribution >= 0.6 is 0 Å². The van der Waals surface area contributed by atoms with Gasteiger partial charge in [0.1, 0.15) is 0 Å². The van der Waals surface area contributed by atoms with Gasteiger partial charge in [0.25, 0.3) is 0 Å². The lowest BCUT2D eigenvalue weighted by Gasteiger charge is -2.24. The van der Waals surface area contributed by atoms with E-state index in [9.17, 15) is 0 Å². The van der Waals surface area contributed by atoms with Crippen molar-refractivity contribution < 1.29 is 0 Å². The lowest BCUT2D eigenvalue weighted by molar-refractivity contribution is 0.588. The van der Waals surface area contributed by atoms with Gasteiger partial charge in [-0.05, 0) is 49.9 Å². The Labute approximate surface area is 114 Å². The molecule has 19 heavy (non-hydrogen) atoms. The molecule has 0 bridgehead atoms. The number of fused-ring (bicyclic) bond motifs is 1. The molecule has 1 aliphatic rings. The summed E-state index contributed by atoms with van der Waals surface area (Å²) in [6.07, 6.45) is 7.30. The molecule has 3 heteroatoms. The summed E-state index contributed by atoms with van der Waals surface area (Å²) >= 11 is 0. The number of nitrogens with zero attached hydrogens (tertiary/aromatic N) is 2. The first-order valence-electron chi connectivity index (χ1n) is 7.02. The standard InChI is InChI=1S/C16H19N3/c1-2-17-13-8-10-18-15(11-13)14-7-3-5-12-6-4-9-19-16(12)14/h4,6,8-11,14H,2-3,5,7H2,1H3,(H,17,18). The van der Waals surface area contributed by atoms with Crippen molar-refractivity contribution >= 4 is 5.69 Å². The summed E-state index contributed by atoms with van der Waals surface area (Å²) in [5.74, 6) is 0.351. The topological polar surface area (TPSA) is 37.8 Å². The number of hydrogen-bond donors (Lipinski definition) is 1. The molecule has 0 saturated carbocycles. The van der Waals surface area contributed by atoms with Gasteiger partial charge in [-0.1, -0.05) is 6.07 Å². The van der Waals surface area contributed by atoms with Crippen LogP contribution in [0.4, 0.5) is 5.69 Å². The normalized spacial score (nSPS) is 17.8. The van der Waals surface area contributed by atoms with E-state index in [4.69, 9.17) is 0 Å². The van der Waals surface area contributed by atoms with Crippen molar-refractivity contribution in [3.8, 4) is 0 Å². The predicted octanol–water partition coefficient (Wildman–Crippen LogP) is 3.38. The van der Waals surface area contributed by atoms with E-state index < -0.39 is 0 Å². The number of aryl methyl sites for hydroxylation is 1. The van der Waals surface area contributed by atoms with Crippen molar-refractivity contribution in [2.75, 3.05) is 11.9 Å². The Balaban J connectivity index is 1.97. The van der Waals surface area contributed by atoms with Crippen LogP contribution in [-0.4, -0.2) is 16.5 Å². The van der Waals surface area contributed by atoms with Crippen molar-refractivity contribution in [1.29, 1.82) is 0 Å². The molecule has 2 heterocycles. The smallest absolute Gasteiger partial charge is 0.0526 e. The maximum Gasteiger partial charge on any atom is 0.0526 e. The van der Waals surface area contributed by atoms with Crippen LogP contribution in [0.3, 0.4) is 0 Å². The van der Waals surface area contributed by atoms with E-state index in [-0.39, 0.29) is 0 Å². The zero-order valence-corrected chi connectivity index (χ0v) is 11.3. The Hall–Kier alpha value is -1.90. The molecule has 3 nitrogen and oxygen atoms in total. The minimum absolute atomic E-state index is 0.351. The molecule has 0 amide bonds. The third kappa shape index (κ3) is 2.46. The second kappa shape index (κ2) is 5.39. The monoisotopic (exact) mass is 253 g/mol. The largest absolute Gasteiger partial charge is 0.385 e. The fraction of sp³-hybridized carbons (Fsp3) is 0.375. The van der Waals surface area contributed by atoms with Gasteiger partial charge in [0.05, 0.1) is 11.4 Å². The lowest BCUT2D eigenvalue weighted by Crippen LogP contribution is -2.14. The number of hydrogen-bond acceptors (Lipinski definition) is 3. The van der Waals surface area contributed by atoms with Gasteiger partial charge in [-0.3, -0.25) is 9.97 Å². The highest BCUT2D eigenvalue weighted by Gasteiger charge is 2.23. The van der Waals surface area contributed by atoms with E-state index in [0.717, 1.165) is 30.8 Å². The van der Waals surface area contributed by atoms with E-state index in [1.807, 2.05) is 24.5 Å². The van der Waals surface area contributed by atoms with Gasteiger partial charge in [-0.15, -0.1) is 0 Å². The molecule has 0 fully saturated rings. The molecule has 98 valence electrons. The van der Waals surface area contributed by atoms with Crippen LogP contribution in [0, 0.1) is 0 Å². The number of aromatic nitrogens is 2. The Morgan fingerprint density at radius 2 is 2.21 bits per heavy atom. The summed E-state index contributed by atoms with van der Waals surface area (Å²) in [6.45, 7) is 3.04. The van der Waals surface area contributed by atoms with Gasteiger partial charge in [-0.2, -0.15) is 0 Å². The zero-order chi connectivity index (χ0) is 13.1. The first-order valence-corrected chi connectivity index (χ1v) is 7.02. The van der Waals surface area contributed by atoms with E-state index in [1.165, 1.54) is 17.7 Å². The second-order valence-electron chi connectivity index (χ2n) is 4.99. The Kier molecular flexibility index (Phi) is 3.45. The van der Waals surface area contributed by atoms with Crippen LogP contribution in [-0.2, 0) is 6.42 Å². The van der Waals surface area contributed by atoms with Gasteiger partial charge in [-0.25, -0.2) is 0 Å². The van der Waals surface area contributed by atoms with Crippen LogP contribution in [0.25, 0.3) is 0 Å². The van der Waals surface area contributed by atoms with Crippen molar-refractivity contribution in [2.45, 2.75) is 32.1 Å².